The highest BCUT2D eigenvalue weighted by Gasteiger charge is 2.13. The molecular formula is C13H16FN3OS. The SMILES string of the molecule is CCCNC(=O)CN(C)c1nc2c(F)cccc2s1. The van der Waals surface area contributed by atoms with Gasteiger partial charge in [-0.1, -0.05) is 24.3 Å². The van der Waals surface area contributed by atoms with Crippen LogP contribution < -0.4 is 10.2 Å². The Bertz CT molecular complexity index is 584. The molecule has 0 bridgehead atoms. The van der Waals surface area contributed by atoms with Gasteiger partial charge in [-0.15, -0.1) is 0 Å². The third-order valence-electron chi connectivity index (χ3n) is 2.64. The number of anilines is 1. The number of thiazole rings is 1. The average molecular weight is 281 g/mol. The van der Waals surface area contributed by atoms with Gasteiger partial charge in [0.2, 0.25) is 5.91 Å². The van der Waals surface area contributed by atoms with E-state index in [-0.39, 0.29) is 18.3 Å². The van der Waals surface area contributed by atoms with Crippen LogP contribution in [-0.4, -0.2) is 31.0 Å². The lowest BCUT2D eigenvalue weighted by Gasteiger charge is -2.14. The van der Waals surface area contributed by atoms with Crippen LogP contribution in [0.15, 0.2) is 18.2 Å². The number of benzene rings is 1. The second-order valence-corrected chi connectivity index (χ2v) is 5.30. The number of hydrogen-bond acceptors (Lipinski definition) is 4. The summed E-state index contributed by atoms with van der Waals surface area (Å²) in [5, 5.41) is 3.45. The molecular weight excluding hydrogens is 265 g/mol. The molecule has 4 nitrogen and oxygen atoms in total. The number of carbonyl (C=O) groups is 1. The fourth-order valence-electron chi connectivity index (χ4n) is 1.67. The smallest absolute Gasteiger partial charge is 0.239 e. The highest BCUT2D eigenvalue weighted by molar-refractivity contribution is 7.22. The van der Waals surface area contributed by atoms with Gasteiger partial charge in [0.1, 0.15) is 11.3 Å². The van der Waals surface area contributed by atoms with Crippen molar-refractivity contribution in [2.24, 2.45) is 0 Å². The maximum atomic E-state index is 13.5. The minimum absolute atomic E-state index is 0.0518. The van der Waals surface area contributed by atoms with Crippen LogP contribution in [0.25, 0.3) is 10.2 Å². The summed E-state index contributed by atoms with van der Waals surface area (Å²) in [4.78, 5) is 17.6. The first-order valence-corrected chi connectivity index (χ1v) is 6.96. The summed E-state index contributed by atoms with van der Waals surface area (Å²) in [6.07, 6.45) is 0.905. The van der Waals surface area contributed by atoms with Gasteiger partial charge in [-0.05, 0) is 18.6 Å². The monoisotopic (exact) mass is 281 g/mol. The Kier molecular flexibility index (Phi) is 4.31. The number of nitrogens with zero attached hydrogens (tertiary/aromatic N) is 2. The summed E-state index contributed by atoms with van der Waals surface area (Å²) in [7, 11) is 1.78. The second-order valence-electron chi connectivity index (χ2n) is 4.29. The summed E-state index contributed by atoms with van der Waals surface area (Å²) in [6, 6.07) is 4.87. The molecule has 0 spiro atoms. The third kappa shape index (κ3) is 3.20. The van der Waals surface area contributed by atoms with Gasteiger partial charge in [0, 0.05) is 13.6 Å². The van der Waals surface area contributed by atoms with Crippen molar-refractivity contribution < 1.29 is 9.18 Å². The molecule has 1 aromatic carbocycles. The first kappa shape index (κ1) is 13.7. The Hall–Kier alpha value is -1.69. The number of fused-ring (bicyclic) bond motifs is 1. The molecule has 1 heterocycles. The fourth-order valence-corrected chi connectivity index (χ4v) is 2.61. The second kappa shape index (κ2) is 5.97. The lowest BCUT2D eigenvalue weighted by atomic mass is 10.3. The van der Waals surface area contributed by atoms with E-state index in [4.69, 9.17) is 0 Å². The molecule has 0 aliphatic rings. The van der Waals surface area contributed by atoms with Gasteiger partial charge in [-0.25, -0.2) is 9.37 Å². The van der Waals surface area contributed by atoms with Crippen LogP contribution in [0.1, 0.15) is 13.3 Å². The number of hydrogen-bond donors (Lipinski definition) is 1. The van der Waals surface area contributed by atoms with Crippen molar-refractivity contribution in [3.63, 3.8) is 0 Å². The number of para-hydroxylation sites is 1. The highest BCUT2D eigenvalue weighted by Crippen LogP contribution is 2.29. The molecule has 1 amide bonds. The van der Waals surface area contributed by atoms with E-state index in [2.05, 4.69) is 10.3 Å². The first-order chi connectivity index (χ1) is 9.11. The van der Waals surface area contributed by atoms with Gasteiger partial charge in [-0.3, -0.25) is 4.79 Å². The van der Waals surface area contributed by atoms with Crippen LogP contribution in [0.5, 0.6) is 0 Å². The molecule has 0 radical (unpaired) electrons. The standard InChI is InChI=1S/C13H16FN3OS/c1-3-7-15-11(18)8-17(2)13-16-12-9(14)5-4-6-10(12)19-13/h4-6H,3,7-8H2,1-2H3,(H,15,18). The molecule has 0 saturated carbocycles. The quantitative estimate of drug-likeness (QED) is 0.915. The normalized spacial score (nSPS) is 10.7. The van der Waals surface area contributed by atoms with E-state index in [0.29, 0.717) is 17.2 Å². The highest BCUT2D eigenvalue weighted by atomic mass is 32.1. The molecule has 1 aromatic heterocycles. The van der Waals surface area contributed by atoms with Crippen LogP contribution in [0.4, 0.5) is 9.52 Å². The lowest BCUT2D eigenvalue weighted by Crippen LogP contribution is -2.35. The topological polar surface area (TPSA) is 45.2 Å². The number of amides is 1. The van der Waals surface area contributed by atoms with Gasteiger partial charge in [0.15, 0.2) is 5.13 Å². The lowest BCUT2D eigenvalue weighted by molar-refractivity contribution is -0.119. The molecule has 0 fully saturated rings. The largest absolute Gasteiger partial charge is 0.355 e. The number of halogens is 1. The van der Waals surface area contributed by atoms with Crippen molar-refractivity contribution in [2.75, 3.05) is 25.0 Å². The van der Waals surface area contributed by atoms with Crippen LogP contribution in [0.3, 0.4) is 0 Å². The minimum Gasteiger partial charge on any atom is -0.355 e. The summed E-state index contributed by atoms with van der Waals surface area (Å²) in [5.74, 6) is -0.382. The first-order valence-electron chi connectivity index (χ1n) is 6.14. The Labute approximate surface area is 115 Å². The van der Waals surface area contributed by atoms with E-state index in [1.54, 1.807) is 18.0 Å². The zero-order valence-corrected chi connectivity index (χ0v) is 11.8. The van der Waals surface area contributed by atoms with E-state index < -0.39 is 0 Å². The number of likely N-dealkylation sites (N-methyl/N-ethyl adjacent to an activating group) is 1. The summed E-state index contributed by atoms with van der Waals surface area (Å²) < 4.78 is 14.3. The van der Waals surface area contributed by atoms with Gasteiger partial charge in [0.25, 0.3) is 0 Å². The maximum absolute atomic E-state index is 13.5. The van der Waals surface area contributed by atoms with Crippen molar-refractivity contribution in [2.45, 2.75) is 13.3 Å². The van der Waals surface area contributed by atoms with E-state index in [0.717, 1.165) is 11.1 Å². The number of rotatable bonds is 5. The Morgan fingerprint density at radius 1 is 1.53 bits per heavy atom. The van der Waals surface area contributed by atoms with Gasteiger partial charge >= 0.3 is 0 Å². The third-order valence-corrected chi connectivity index (χ3v) is 3.77. The zero-order chi connectivity index (χ0) is 13.8. The summed E-state index contributed by atoms with van der Waals surface area (Å²) >= 11 is 1.38. The van der Waals surface area contributed by atoms with E-state index in [1.807, 2.05) is 13.0 Å². The predicted octanol–water partition coefficient (Wildman–Crippen LogP) is 2.40. The zero-order valence-electron chi connectivity index (χ0n) is 10.9. The van der Waals surface area contributed by atoms with Crippen molar-refractivity contribution in [3.8, 4) is 0 Å². The van der Waals surface area contributed by atoms with Gasteiger partial charge in [0.05, 0.1) is 11.2 Å². The molecule has 6 heteroatoms. The number of carbonyl (C=O) groups excluding carboxylic acids is 1. The fraction of sp³-hybridized carbons (Fsp3) is 0.385. The average Bonchev–Trinajstić information content (AvgIpc) is 2.82. The maximum Gasteiger partial charge on any atom is 0.239 e. The Balaban J connectivity index is 2.11. The molecule has 1 N–H and O–H groups in total. The molecule has 0 unspecified atom stereocenters. The number of nitrogens with one attached hydrogen (secondary N) is 1. The van der Waals surface area contributed by atoms with Gasteiger partial charge in [-0.2, -0.15) is 0 Å². The van der Waals surface area contributed by atoms with E-state index >= 15 is 0 Å². The van der Waals surface area contributed by atoms with Crippen molar-refractivity contribution in [1.29, 1.82) is 0 Å². The molecule has 0 aliphatic heterocycles. The molecule has 19 heavy (non-hydrogen) atoms. The van der Waals surface area contributed by atoms with Crippen molar-refractivity contribution in [3.05, 3.63) is 24.0 Å². The van der Waals surface area contributed by atoms with Gasteiger partial charge < -0.3 is 10.2 Å². The molecule has 102 valence electrons. The van der Waals surface area contributed by atoms with Crippen LogP contribution in [0, 0.1) is 5.82 Å². The Morgan fingerprint density at radius 2 is 2.32 bits per heavy atom. The van der Waals surface area contributed by atoms with Crippen LogP contribution in [-0.2, 0) is 4.79 Å². The summed E-state index contributed by atoms with van der Waals surface area (Å²) in [6.45, 7) is 2.89. The summed E-state index contributed by atoms with van der Waals surface area (Å²) in [5.41, 5.74) is 0.364. The molecule has 2 aromatic rings. The molecule has 0 saturated heterocycles. The molecule has 0 aliphatic carbocycles. The molecule has 0 atom stereocenters. The number of aromatic nitrogens is 1. The van der Waals surface area contributed by atoms with Crippen molar-refractivity contribution >= 4 is 32.6 Å². The van der Waals surface area contributed by atoms with Crippen LogP contribution >= 0.6 is 11.3 Å². The Morgan fingerprint density at radius 3 is 3.00 bits per heavy atom. The van der Waals surface area contributed by atoms with Crippen molar-refractivity contribution in [1.82, 2.24) is 10.3 Å². The predicted molar refractivity (Wildman–Crippen MR) is 76.1 cm³/mol. The molecule has 2 rings (SSSR count). The van der Waals surface area contributed by atoms with Crippen LogP contribution in [0.2, 0.25) is 0 Å². The van der Waals surface area contributed by atoms with E-state index in [1.165, 1.54) is 17.4 Å². The van der Waals surface area contributed by atoms with E-state index in [9.17, 15) is 9.18 Å². The minimum atomic E-state index is -0.330.